The van der Waals surface area contributed by atoms with Gasteiger partial charge in [0.15, 0.2) is 5.76 Å². The first-order chi connectivity index (χ1) is 16.2. The van der Waals surface area contributed by atoms with Gasteiger partial charge in [-0.1, -0.05) is 66.7 Å². The van der Waals surface area contributed by atoms with Crippen molar-refractivity contribution >= 4 is 11.9 Å². The molecule has 33 heavy (non-hydrogen) atoms. The molecule has 0 bridgehead atoms. The normalized spacial score (nSPS) is 13.5. The summed E-state index contributed by atoms with van der Waals surface area (Å²) in [5.74, 6) is 2.11. The average molecular weight is 434 g/mol. The van der Waals surface area contributed by atoms with E-state index in [0.29, 0.717) is 29.4 Å². The Labute approximate surface area is 192 Å². The van der Waals surface area contributed by atoms with Crippen LogP contribution >= 0.6 is 0 Å². The van der Waals surface area contributed by atoms with E-state index in [1.54, 1.807) is 31.4 Å². The average Bonchev–Trinajstić information content (AvgIpc) is 3.18. The third-order valence-electron chi connectivity index (χ3n) is 5.50. The van der Waals surface area contributed by atoms with Crippen molar-refractivity contribution in [2.75, 3.05) is 7.11 Å². The lowest BCUT2D eigenvalue weighted by Gasteiger charge is -2.08. The van der Waals surface area contributed by atoms with Crippen molar-refractivity contribution in [1.82, 2.24) is 0 Å². The summed E-state index contributed by atoms with van der Waals surface area (Å²) in [5.41, 5.74) is 4.71. The van der Waals surface area contributed by atoms with Crippen molar-refractivity contribution in [3.05, 3.63) is 120 Å². The Kier molecular flexibility index (Phi) is 5.64. The Balaban J connectivity index is 1.29. The highest BCUT2D eigenvalue weighted by molar-refractivity contribution is 6.14. The van der Waals surface area contributed by atoms with Gasteiger partial charge in [-0.25, -0.2) is 0 Å². The second kappa shape index (κ2) is 9.05. The van der Waals surface area contributed by atoms with Crippen molar-refractivity contribution in [3.8, 4) is 28.4 Å². The van der Waals surface area contributed by atoms with Crippen LogP contribution in [0.3, 0.4) is 0 Å². The van der Waals surface area contributed by atoms with Crippen LogP contribution in [0.4, 0.5) is 0 Å². The van der Waals surface area contributed by atoms with Gasteiger partial charge < -0.3 is 14.2 Å². The van der Waals surface area contributed by atoms with E-state index in [1.165, 1.54) is 0 Å². The number of fused-ring (bicyclic) bond motifs is 1. The Morgan fingerprint density at radius 2 is 1.58 bits per heavy atom. The first-order valence-electron chi connectivity index (χ1n) is 10.7. The Morgan fingerprint density at radius 1 is 0.788 bits per heavy atom. The largest absolute Gasteiger partial charge is 0.497 e. The minimum atomic E-state index is -0.128. The van der Waals surface area contributed by atoms with E-state index >= 15 is 0 Å². The summed E-state index contributed by atoms with van der Waals surface area (Å²) in [6, 6.07) is 31.2. The summed E-state index contributed by atoms with van der Waals surface area (Å²) in [4.78, 5) is 12.8. The number of carbonyl (C=O) groups is 1. The number of Topliss-reactive ketones (excluding diaryl/α,β-unsaturated/α-hetero) is 1. The van der Waals surface area contributed by atoms with Crippen LogP contribution in [0.5, 0.6) is 17.2 Å². The predicted molar refractivity (Wildman–Crippen MR) is 129 cm³/mol. The summed E-state index contributed by atoms with van der Waals surface area (Å²) >= 11 is 0. The zero-order valence-electron chi connectivity index (χ0n) is 18.2. The molecule has 4 aromatic carbocycles. The third kappa shape index (κ3) is 4.51. The van der Waals surface area contributed by atoms with Crippen LogP contribution in [0, 0.1) is 0 Å². The number of benzene rings is 4. The van der Waals surface area contributed by atoms with Crippen molar-refractivity contribution in [3.63, 3.8) is 0 Å². The van der Waals surface area contributed by atoms with Gasteiger partial charge >= 0.3 is 0 Å². The van der Waals surface area contributed by atoms with Gasteiger partial charge in [-0.2, -0.15) is 0 Å². The number of rotatable bonds is 6. The van der Waals surface area contributed by atoms with Crippen LogP contribution in [0.15, 0.2) is 103 Å². The maximum absolute atomic E-state index is 12.8. The van der Waals surface area contributed by atoms with Crippen molar-refractivity contribution in [2.24, 2.45) is 0 Å². The molecule has 1 heterocycles. The fraction of sp³-hybridized carbons (Fsp3) is 0.0690. The van der Waals surface area contributed by atoms with E-state index in [1.807, 2.05) is 66.7 Å². The quantitative estimate of drug-likeness (QED) is 0.323. The van der Waals surface area contributed by atoms with Gasteiger partial charge in [0.2, 0.25) is 5.78 Å². The second-order valence-electron chi connectivity index (χ2n) is 7.73. The molecule has 0 saturated carbocycles. The molecule has 4 aromatic rings. The van der Waals surface area contributed by atoms with Crippen LogP contribution < -0.4 is 14.2 Å². The topological polar surface area (TPSA) is 44.8 Å². The lowest BCUT2D eigenvalue weighted by molar-refractivity contribution is 0.101. The van der Waals surface area contributed by atoms with Gasteiger partial charge in [0.1, 0.15) is 23.9 Å². The summed E-state index contributed by atoms with van der Waals surface area (Å²) < 4.78 is 17.0. The highest BCUT2D eigenvalue weighted by Crippen LogP contribution is 2.35. The van der Waals surface area contributed by atoms with Crippen molar-refractivity contribution in [2.45, 2.75) is 6.61 Å². The molecular formula is C29H22O4. The Hall–Kier alpha value is -4.31. The van der Waals surface area contributed by atoms with Gasteiger partial charge in [0.25, 0.3) is 0 Å². The molecule has 0 aliphatic carbocycles. The molecule has 0 aromatic heterocycles. The second-order valence-corrected chi connectivity index (χ2v) is 7.73. The molecule has 0 radical (unpaired) electrons. The molecule has 1 aliphatic heterocycles. The number of ether oxygens (including phenoxy) is 3. The molecule has 1 aliphatic rings. The van der Waals surface area contributed by atoms with Crippen LogP contribution in [-0.2, 0) is 6.61 Å². The fourth-order valence-corrected chi connectivity index (χ4v) is 3.74. The van der Waals surface area contributed by atoms with E-state index in [4.69, 9.17) is 14.2 Å². The number of allylic oxidation sites excluding steroid dienone is 1. The highest BCUT2D eigenvalue weighted by atomic mass is 16.5. The third-order valence-corrected chi connectivity index (χ3v) is 5.50. The number of hydrogen-bond acceptors (Lipinski definition) is 4. The molecule has 162 valence electrons. The zero-order valence-corrected chi connectivity index (χ0v) is 18.2. The van der Waals surface area contributed by atoms with Gasteiger partial charge in [-0.15, -0.1) is 0 Å². The lowest BCUT2D eigenvalue weighted by Crippen LogP contribution is -1.98. The van der Waals surface area contributed by atoms with E-state index < -0.39 is 0 Å². The van der Waals surface area contributed by atoms with Gasteiger partial charge in [-0.3, -0.25) is 4.79 Å². The molecule has 5 rings (SSSR count). The summed E-state index contributed by atoms with van der Waals surface area (Å²) in [6.45, 7) is 0.389. The molecule has 4 nitrogen and oxygen atoms in total. The minimum Gasteiger partial charge on any atom is -0.497 e. The predicted octanol–water partition coefficient (Wildman–Crippen LogP) is 6.56. The maximum Gasteiger partial charge on any atom is 0.231 e. The fourth-order valence-electron chi connectivity index (χ4n) is 3.74. The Bertz CT molecular complexity index is 1320. The van der Waals surface area contributed by atoms with Crippen LogP contribution in [0.1, 0.15) is 21.5 Å². The molecule has 0 N–H and O–H groups in total. The minimum absolute atomic E-state index is 0.128. The van der Waals surface area contributed by atoms with Crippen molar-refractivity contribution in [1.29, 1.82) is 0 Å². The number of carbonyl (C=O) groups excluding carboxylic acids is 1. The first kappa shape index (κ1) is 20.6. The van der Waals surface area contributed by atoms with Gasteiger partial charge in [0.05, 0.1) is 12.7 Å². The number of hydrogen-bond donors (Lipinski definition) is 0. The Morgan fingerprint density at radius 3 is 2.36 bits per heavy atom. The van der Waals surface area contributed by atoms with Crippen molar-refractivity contribution < 1.29 is 19.0 Å². The highest BCUT2D eigenvalue weighted by Gasteiger charge is 2.27. The monoisotopic (exact) mass is 434 g/mol. The number of methoxy groups -OCH3 is 1. The standard InChI is InChI=1S/C29H22O4/c1-31-24-9-5-6-21(16-24)19-32-25-14-15-26-27(18-25)33-28(29(26)30)17-20-10-12-23(13-11-20)22-7-3-2-4-8-22/h2-18H,19H2,1H3. The van der Waals surface area contributed by atoms with E-state index in [2.05, 4.69) is 12.1 Å². The molecule has 0 atom stereocenters. The number of ketones is 1. The molecule has 0 unspecified atom stereocenters. The summed E-state index contributed by atoms with van der Waals surface area (Å²) in [5, 5.41) is 0. The molecule has 0 saturated heterocycles. The van der Waals surface area contributed by atoms with Crippen LogP contribution in [-0.4, -0.2) is 12.9 Å². The molecule has 4 heteroatoms. The summed E-state index contributed by atoms with van der Waals surface area (Å²) in [7, 11) is 1.64. The molecular weight excluding hydrogens is 412 g/mol. The summed E-state index contributed by atoms with van der Waals surface area (Å²) in [6.07, 6.45) is 1.77. The van der Waals surface area contributed by atoms with E-state index in [0.717, 1.165) is 28.0 Å². The molecule has 0 fully saturated rings. The molecule has 0 amide bonds. The van der Waals surface area contributed by atoms with E-state index in [9.17, 15) is 4.79 Å². The molecule has 0 spiro atoms. The first-order valence-corrected chi connectivity index (χ1v) is 10.7. The maximum atomic E-state index is 12.8. The van der Waals surface area contributed by atoms with Gasteiger partial charge in [-0.05, 0) is 52.6 Å². The lowest BCUT2D eigenvalue weighted by atomic mass is 10.0. The van der Waals surface area contributed by atoms with Gasteiger partial charge in [0, 0.05) is 6.07 Å². The smallest absolute Gasteiger partial charge is 0.231 e. The zero-order chi connectivity index (χ0) is 22.6. The van der Waals surface area contributed by atoms with E-state index in [-0.39, 0.29) is 5.78 Å². The van der Waals surface area contributed by atoms with Crippen LogP contribution in [0.25, 0.3) is 17.2 Å². The van der Waals surface area contributed by atoms with Crippen LogP contribution in [0.2, 0.25) is 0 Å². The SMILES string of the molecule is COc1cccc(COc2ccc3c(c2)OC(=Cc2ccc(-c4ccccc4)cc2)C3=O)c1.